The topological polar surface area (TPSA) is 751 Å². The minimum atomic E-state index is -3.57. The Hall–Kier alpha value is -2.84. The van der Waals surface area contributed by atoms with Crippen LogP contribution in [0.1, 0.15) is 234 Å². The average molecular weight is 2030 g/mol. The number of aliphatic carboxylic acids is 2. The monoisotopic (exact) mass is 2030 g/mol. The molecule has 7 aliphatic heterocycles. The molecule has 0 spiro atoms. The third kappa shape index (κ3) is 36.8. The van der Waals surface area contributed by atoms with Crippen molar-refractivity contribution in [2.75, 3.05) is 46.2 Å². The second-order valence-corrected chi connectivity index (χ2v) is 37.0. The van der Waals surface area contributed by atoms with Gasteiger partial charge in [0.25, 0.3) is 0 Å². The molecule has 7 heterocycles. The van der Waals surface area contributed by atoms with Crippen LogP contribution in [0.25, 0.3) is 0 Å². The number of allylic oxidation sites excluding steroid dienone is 1. The Balaban J connectivity index is 0.0000170. The van der Waals surface area contributed by atoms with Crippen LogP contribution in [0, 0.1) is 0 Å². The molecule has 49 heteroatoms. The van der Waals surface area contributed by atoms with Crippen molar-refractivity contribution in [2.24, 2.45) is 0 Å². The SMILES string of the molecule is CCCCCCCCCCCCC/C=C/[C@@H](O)[C@H](CO[C@@H]1O[C@H](CO)[C@@H](O[C@@H]2O[C@H](CO)[C@H](O)[C@H](O[C@@H]3O[C@H](CO[C@]4(C(=O)[O-])C[C@H](O)[C@@H](NC(C)=O)[C@H]([C@H](O)[C@H](O)CO)O4)[C@@H](O[C@@H]4O[C@@H](C)[C@@H](O)[C@@H](O)[C@@H]4O)[C@H](O[C@@H]4O[C@H](CO)[C@H](O)[C@H](O[C@]5(C(=O)[O-])C[C@H](O)[C@@H](NC(C)=O)[C@H]([C@H](O)[C@H](O)CO)O5)[C@H]4O)[C@H]3NC(C)=O)[C@H]2O)[C@H](O)[C@H]1O)NC(=O)CCCCCCCCCCCCCCCCC.[Na+].[Na+]. The van der Waals surface area contributed by atoms with Gasteiger partial charge in [0.05, 0.1) is 88.8 Å². The summed E-state index contributed by atoms with van der Waals surface area (Å²) in [5.74, 6) is -15.4. The number of rotatable bonds is 61. The van der Waals surface area contributed by atoms with Crippen LogP contribution in [0.2, 0.25) is 0 Å². The van der Waals surface area contributed by atoms with Crippen LogP contribution < -0.4 is 90.6 Å². The molecule has 7 saturated heterocycles. The minimum absolute atomic E-state index is 0. The summed E-state index contributed by atoms with van der Waals surface area (Å²) in [4.78, 5) is 80.3. The Kier molecular flexibility index (Phi) is 58.2. The summed E-state index contributed by atoms with van der Waals surface area (Å²) in [6.45, 7) is -0.152. The maximum absolute atomic E-state index is 14.0. The Morgan fingerprint density at radius 3 is 1.27 bits per heavy atom. The number of nitrogens with one attached hydrogen (secondary N) is 4. The van der Waals surface area contributed by atoms with Gasteiger partial charge < -0.3 is 215 Å². The van der Waals surface area contributed by atoms with Crippen molar-refractivity contribution in [1.29, 1.82) is 0 Å². The Labute approximate surface area is 853 Å². The van der Waals surface area contributed by atoms with Gasteiger partial charge in [-0.15, -0.1) is 0 Å². The van der Waals surface area contributed by atoms with E-state index in [9.17, 15) is 146 Å². The van der Waals surface area contributed by atoms with Crippen LogP contribution in [-0.2, 0) is 95.1 Å². The molecule has 796 valence electrons. The summed E-state index contributed by atoms with van der Waals surface area (Å²) < 4.78 is 85.1. The normalized spacial score (nSPS) is 36.3. The summed E-state index contributed by atoms with van der Waals surface area (Å²) in [5.41, 5.74) is 0. The Bertz CT molecular complexity index is 3540. The van der Waals surface area contributed by atoms with Gasteiger partial charge in [0, 0.05) is 40.0 Å². The van der Waals surface area contributed by atoms with Crippen molar-refractivity contribution in [2.45, 2.75) is 472 Å². The van der Waals surface area contributed by atoms with Gasteiger partial charge in [0.2, 0.25) is 35.2 Å². The summed E-state index contributed by atoms with van der Waals surface area (Å²) >= 11 is 0. The first-order chi connectivity index (χ1) is 65.2. The van der Waals surface area contributed by atoms with Crippen LogP contribution in [0.4, 0.5) is 0 Å². The molecule has 0 aromatic heterocycles. The number of carboxylic acid groups (broad SMARTS) is 2. The van der Waals surface area contributed by atoms with Crippen molar-refractivity contribution in [3.8, 4) is 0 Å². The fraction of sp³-hybridized carbons (Fsp3) is 0.911. The quantitative estimate of drug-likeness (QED) is 0.0153. The Morgan fingerprint density at radius 2 is 0.806 bits per heavy atom. The van der Waals surface area contributed by atoms with Gasteiger partial charge in [-0.25, -0.2) is 0 Å². The molecule has 0 bridgehead atoms. The zero-order valence-corrected chi connectivity index (χ0v) is 85.1. The molecular weight excluding hydrogens is 1870 g/mol. The van der Waals surface area contributed by atoms with E-state index in [1.807, 2.05) is 0 Å². The molecule has 47 nitrogen and oxygen atoms in total. The number of carbonyl (C=O) groups is 6. The summed E-state index contributed by atoms with van der Waals surface area (Å²) in [5, 5.41) is 277. The van der Waals surface area contributed by atoms with Gasteiger partial charge in [-0.1, -0.05) is 180 Å². The first-order valence-corrected chi connectivity index (χ1v) is 48.5. The van der Waals surface area contributed by atoms with E-state index in [0.717, 1.165) is 91.9 Å². The third-order valence-corrected chi connectivity index (χ3v) is 26.1. The van der Waals surface area contributed by atoms with E-state index >= 15 is 0 Å². The number of hydrogen-bond acceptors (Lipinski definition) is 43. The van der Waals surface area contributed by atoms with Gasteiger partial charge in [-0.2, -0.15) is 0 Å². The van der Waals surface area contributed by atoms with E-state index < -0.39 is 333 Å². The molecular formula is C90H156N4Na2O43. The molecule has 7 rings (SSSR count). The number of carbonyl (C=O) groups excluding carboxylic acids is 6. The van der Waals surface area contributed by atoms with Gasteiger partial charge in [0.1, 0.15) is 164 Å². The zero-order valence-electron chi connectivity index (χ0n) is 81.1. The number of unbranched alkanes of at least 4 members (excludes halogenated alkanes) is 25. The molecule has 139 heavy (non-hydrogen) atoms. The standard InChI is InChI=1S/C90H158N4O43.2Na/c1-7-9-11-13-15-17-19-21-22-24-26-28-30-32-34-36-60(108)94-50(51(103)35-33-31-29-27-25-23-20-18-16-14-12-10-8-2)44-124-83-72(117)70(115)75(58(43-99)129-83)131-85-73(118)80(67(112)56(41-97)127-85)134-82-63(93-49(6)102)79(133-86-74(119)81(68(113)57(42-98)128-86)137-90(88(122)123)38-53(105)62(92-48(5)101)78(136-90)66(111)55(107)40-96)76(132-84-71(116)69(114)64(109)46(3)126-84)59(130-82)45-125-89(87(120)121)37-52(104)61(91-47(4)100)77(135-89)65(110)54(106)39-95;;/h33,35,46,50-59,61-86,95-99,103-107,109-119H,7-32,34,36-45H2,1-6H3,(H,91,100)(H,92,101)(H,93,102)(H,94,108)(H,120,121)(H,122,123);;/q;2*+1/p-2/b35-33+;;/t46-,50-,51+,52-,53-,54+,55+,56+,57+,58+,59+,61+,62+,63+,64+,65+,66+,67-,68-,69+,70+,71-,72+,73+,74+,75+,76+,77+,78+,79+,80-,81-,82-,83+,84-,85-,86-,89+,90-;;/m0../s1. The van der Waals surface area contributed by atoms with Crippen molar-refractivity contribution < 1.29 is 272 Å². The summed E-state index contributed by atoms with van der Waals surface area (Å²) in [7, 11) is 0. The van der Waals surface area contributed by atoms with Gasteiger partial charge in [0.15, 0.2) is 31.5 Å². The average Bonchev–Trinajstić information content (AvgIpc) is 0.746. The summed E-state index contributed by atoms with van der Waals surface area (Å²) in [6.07, 6.45) is -44.8. The number of amides is 4. The first kappa shape index (κ1) is 127. The van der Waals surface area contributed by atoms with Gasteiger partial charge in [-0.05, 0) is 26.2 Å². The molecule has 4 amide bonds. The van der Waals surface area contributed by atoms with E-state index in [4.69, 9.17) is 66.3 Å². The smallest absolute Gasteiger partial charge is 0.544 e. The number of aliphatic hydroxyl groups is 21. The second kappa shape index (κ2) is 63.9. The number of ether oxygens (including phenoxy) is 14. The van der Waals surface area contributed by atoms with E-state index in [0.29, 0.717) is 12.8 Å². The molecule has 0 aromatic carbocycles. The second-order valence-electron chi connectivity index (χ2n) is 37.0. The fourth-order valence-corrected chi connectivity index (χ4v) is 18.2. The minimum Gasteiger partial charge on any atom is -0.544 e. The zero-order chi connectivity index (χ0) is 101. The number of hydrogen-bond donors (Lipinski definition) is 25. The van der Waals surface area contributed by atoms with Crippen LogP contribution in [-0.4, -0.2) is 427 Å². The molecule has 25 N–H and O–H groups in total. The number of aliphatic hydroxyl groups excluding tert-OH is 21. The van der Waals surface area contributed by atoms with Crippen LogP contribution in [0.5, 0.6) is 0 Å². The molecule has 39 atom stereocenters. The van der Waals surface area contributed by atoms with Gasteiger partial charge >= 0.3 is 59.1 Å². The molecule has 0 aliphatic carbocycles. The fourth-order valence-electron chi connectivity index (χ4n) is 18.2. The molecule has 7 fully saturated rings. The first-order valence-electron chi connectivity index (χ1n) is 48.5. The number of carboxylic acids is 2. The van der Waals surface area contributed by atoms with Crippen LogP contribution >= 0.6 is 0 Å². The predicted octanol–water partition coefficient (Wildman–Crippen LogP) is -13.7. The van der Waals surface area contributed by atoms with Crippen molar-refractivity contribution in [3.63, 3.8) is 0 Å². The Morgan fingerprint density at radius 1 is 0.417 bits per heavy atom. The molecule has 0 unspecified atom stereocenters. The van der Waals surface area contributed by atoms with Gasteiger partial charge in [-0.3, -0.25) is 19.2 Å². The maximum Gasteiger partial charge on any atom is 1.00 e. The van der Waals surface area contributed by atoms with E-state index in [1.54, 1.807) is 6.08 Å². The molecule has 0 saturated carbocycles. The van der Waals surface area contributed by atoms with E-state index in [2.05, 4.69) is 35.1 Å². The largest absolute Gasteiger partial charge is 1.00 e. The third-order valence-electron chi connectivity index (χ3n) is 26.1. The van der Waals surface area contributed by atoms with Crippen molar-refractivity contribution >= 4 is 35.6 Å². The van der Waals surface area contributed by atoms with Crippen molar-refractivity contribution in [3.05, 3.63) is 12.2 Å². The predicted molar refractivity (Wildman–Crippen MR) is 466 cm³/mol. The molecule has 0 aromatic rings. The molecule has 7 aliphatic rings. The van der Waals surface area contributed by atoms with E-state index in [1.165, 1.54) is 102 Å². The summed E-state index contributed by atoms with van der Waals surface area (Å²) in [6, 6.07) is -7.26. The van der Waals surface area contributed by atoms with Crippen LogP contribution in [0.3, 0.4) is 0 Å². The molecule has 0 radical (unpaired) electrons. The van der Waals surface area contributed by atoms with Crippen LogP contribution in [0.15, 0.2) is 12.2 Å². The van der Waals surface area contributed by atoms with Crippen molar-refractivity contribution in [1.82, 2.24) is 21.3 Å². The maximum atomic E-state index is 14.0. The van der Waals surface area contributed by atoms with E-state index in [-0.39, 0.29) is 65.5 Å².